The van der Waals surface area contributed by atoms with Gasteiger partial charge in [0, 0.05) is 35.9 Å². The van der Waals surface area contributed by atoms with Gasteiger partial charge in [-0.15, -0.1) is 0 Å². The van der Waals surface area contributed by atoms with Gasteiger partial charge in [-0.3, -0.25) is 10.1 Å². The Labute approximate surface area is 226 Å². The molecule has 2 heterocycles. The molecule has 0 atom stereocenters. The Hall–Kier alpha value is -4.86. The number of carbonyl (C=O) groups is 2. The van der Waals surface area contributed by atoms with Gasteiger partial charge < -0.3 is 19.9 Å². The highest BCUT2D eigenvalue weighted by atomic mass is 16.5. The molecular weight excluding hydrogens is 498 g/mol. The van der Waals surface area contributed by atoms with Crippen molar-refractivity contribution in [1.82, 2.24) is 14.8 Å². The van der Waals surface area contributed by atoms with Crippen LogP contribution < -0.4 is 20.1 Å². The second kappa shape index (κ2) is 12.1. The van der Waals surface area contributed by atoms with Crippen LogP contribution in [0.5, 0.6) is 17.4 Å². The summed E-state index contributed by atoms with van der Waals surface area (Å²) in [7, 11) is 0. The molecule has 10 heteroatoms. The van der Waals surface area contributed by atoms with E-state index < -0.39 is 12.0 Å². The molecule has 0 spiro atoms. The molecule has 3 N–H and O–H groups in total. The van der Waals surface area contributed by atoms with Crippen LogP contribution in [0, 0.1) is 0 Å². The molecule has 2 amide bonds. The van der Waals surface area contributed by atoms with Crippen LogP contribution in [0.3, 0.4) is 0 Å². The minimum atomic E-state index is -0.849. The number of carboxylic acid groups (broad SMARTS) is 1. The highest BCUT2D eigenvalue weighted by Gasteiger charge is 2.21. The minimum Gasteiger partial charge on any atom is -0.494 e. The summed E-state index contributed by atoms with van der Waals surface area (Å²) in [5, 5.41) is 19.2. The standard InChI is InChI=1S/C29H31N5O5/c1-29(2,3)24-19-25(34(33-24)21-11-15-22(16-12-21)38-18-6-8-27(35)36)32-28(37)31-20-9-13-23(14-10-20)39-26-7-4-5-17-30-26/h4-5,7,9-17,19H,6,8,18H2,1-3H3,(H,35,36)(H2,31,32,37). The quantitative estimate of drug-likeness (QED) is 0.207. The molecule has 0 radical (unpaired) electrons. The highest BCUT2D eigenvalue weighted by Crippen LogP contribution is 2.27. The number of carboxylic acids is 1. The van der Waals surface area contributed by atoms with Gasteiger partial charge in [-0.1, -0.05) is 26.8 Å². The summed E-state index contributed by atoms with van der Waals surface area (Å²) in [4.78, 5) is 27.7. The average Bonchev–Trinajstić information content (AvgIpc) is 3.33. The number of anilines is 2. The van der Waals surface area contributed by atoms with E-state index in [9.17, 15) is 9.59 Å². The van der Waals surface area contributed by atoms with Gasteiger partial charge in [0.2, 0.25) is 5.88 Å². The van der Waals surface area contributed by atoms with E-state index in [4.69, 9.17) is 19.7 Å². The number of hydrogen-bond acceptors (Lipinski definition) is 6. The van der Waals surface area contributed by atoms with Gasteiger partial charge in [0.1, 0.15) is 17.3 Å². The van der Waals surface area contributed by atoms with Crippen LogP contribution in [-0.2, 0) is 10.2 Å². The van der Waals surface area contributed by atoms with Crippen molar-refractivity contribution < 1.29 is 24.2 Å². The maximum Gasteiger partial charge on any atom is 0.324 e. The predicted molar refractivity (Wildman–Crippen MR) is 148 cm³/mol. The number of ether oxygens (including phenoxy) is 2. The normalized spacial score (nSPS) is 11.1. The van der Waals surface area contributed by atoms with Gasteiger partial charge in [0.15, 0.2) is 0 Å². The van der Waals surface area contributed by atoms with Gasteiger partial charge in [-0.05, 0) is 61.0 Å². The van der Waals surface area contributed by atoms with Crippen LogP contribution in [0.15, 0.2) is 79.0 Å². The molecular formula is C29H31N5O5. The number of urea groups is 1. The van der Waals surface area contributed by atoms with Crippen molar-refractivity contribution in [3.8, 4) is 23.1 Å². The number of nitrogens with zero attached hydrogens (tertiary/aromatic N) is 3. The van der Waals surface area contributed by atoms with Crippen LogP contribution in [0.2, 0.25) is 0 Å². The SMILES string of the molecule is CC(C)(C)c1cc(NC(=O)Nc2ccc(Oc3ccccn3)cc2)n(-c2ccc(OCCCC(=O)O)cc2)n1. The van der Waals surface area contributed by atoms with Crippen molar-refractivity contribution in [1.29, 1.82) is 0 Å². The maximum atomic E-state index is 12.9. The number of benzene rings is 2. The Morgan fingerprint density at radius 2 is 1.67 bits per heavy atom. The number of nitrogens with one attached hydrogen (secondary N) is 2. The summed E-state index contributed by atoms with van der Waals surface area (Å²) in [5.74, 6) is 1.36. The van der Waals surface area contributed by atoms with E-state index in [-0.39, 0.29) is 11.8 Å². The van der Waals surface area contributed by atoms with Crippen LogP contribution >= 0.6 is 0 Å². The summed E-state index contributed by atoms with van der Waals surface area (Å²) in [6.45, 7) is 6.45. The Balaban J connectivity index is 1.43. The lowest BCUT2D eigenvalue weighted by atomic mass is 9.92. The number of aromatic nitrogens is 3. The third kappa shape index (κ3) is 7.81. The van der Waals surface area contributed by atoms with E-state index in [0.717, 1.165) is 11.4 Å². The molecule has 0 fully saturated rings. The van der Waals surface area contributed by atoms with Crippen LogP contribution in [0.1, 0.15) is 39.3 Å². The third-order valence-electron chi connectivity index (χ3n) is 5.58. The smallest absolute Gasteiger partial charge is 0.324 e. The van der Waals surface area contributed by atoms with Crippen LogP contribution in [0.4, 0.5) is 16.3 Å². The molecule has 0 bridgehead atoms. The molecule has 0 aliphatic heterocycles. The number of rotatable bonds is 10. The topological polar surface area (TPSA) is 128 Å². The molecule has 2 aromatic carbocycles. The Morgan fingerprint density at radius 1 is 0.949 bits per heavy atom. The van der Waals surface area contributed by atoms with Crippen molar-refractivity contribution in [3.05, 3.63) is 84.7 Å². The summed E-state index contributed by atoms with van der Waals surface area (Å²) >= 11 is 0. The second-order valence-electron chi connectivity index (χ2n) is 9.79. The van der Waals surface area contributed by atoms with E-state index >= 15 is 0 Å². The largest absolute Gasteiger partial charge is 0.494 e. The average molecular weight is 530 g/mol. The van der Waals surface area contributed by atoms with E-state index in [1.54, 1.807) is 53.3 Å². The van der Waals surface area contributed by atoms with Gasteiger partial charge in [0.05, 0.1) is 18.0 Å². The first-order chi connectivity index (χ1) is 18.7. The van der Waals surface area contributed by atoms with E-state index in [0.29, 0.717) is 41.9 Å². The lowest BCUT2D eigenvalue weighted by molar-refractivity contribution is -0.137. The Bertz CT molecular complexity index is 1400. The van der Waals surface area contributed by atoms with Crippen LogP contribution in [0.25, 0.3) is 5.69 Å². The zero-order chi connectivity index (χ0) is 27.8. The highest BCUT2D eigenvalue weighted by molar-refractivity contribution is 5.99. The summed E-state index contributed by atoms with van der Waals surface area (Å²) in [6.07, 6.45) is 2.13. The van der Waals surface area contributed by atoms with Crippen molar-refractivity contribution in [2.75, 3.05) is 17.2 Å². The van der Waals surface area contributed by atoms with Crippen molar-refractivity contribution in [2.45, 2.75) is 39.0 Å². The van der Waals surface area contributed by atoms with Crippen molar-refractivity contribution in [2.24, 2.45) is 0 Å². The molecule has 4 aromatic rings. The molecule has 10 nitrogen and oxygen atoms in total. The second-order valence-corrected chi connectivity index (χ2v) is 9.79. The number of amides is 2. The fourth-order valence-electron chi connectivity index (χ4n) is 3.54. The molecule has 0 saturated carbocycles. The van der Waals surface area contributed by atoms with Gasteiger partial charge in [0.25, 0.3) is 0 Å². The summed E-state index contributed by atoms with van der Waals surface area (Å²) in [5.41, 5.74) is 1.89. The van der Waals surface area contributed by atoms with Gasteiger partial charge in [-0.25, -0.2) is 14.5 Å². The van der Waals surface area contributed by atoms with E-state index in [1.165, 1.54) is 0 Å². The molecule has 0 saturated heterocycles. The predicted octanol–water partition coefficient (Wildman–Crippen LogP) is 6.24. The molecule has 4 rings (SSSR count). The van der Waals surface area contributed by atoms with E-state index in [2.05, 4.69) is 15.6 Å². The Morgan fingerprint density at radius 3 is 2.31 bits per heavy atom. The first-order valence-electron chi connectivity index (χ1n) is 12.5. The zero-order valence-electron chi connectivity index (χ0n) is 22.0. The maximum absolute atomic E-state index is 12.9. The summed E-state index contributed by atoms with van der Waals surface area (Å²) in [6, 6.07) is 21.0. The van der Waals surface area contributed by atoms with Crippen molar-refractivity contribution >= 4 is 23.5 Å². The zero-order valence-corrected chi connectivity index (χ0v) is 22.0. The molecule has 2 aromatic heterocycles. The Kier molecular flexibility index (Phi) is 8.45. The lowest BCUT2D eigenvalue weighted by Gasteiger charge is -2.14. The lowest BCUT2D eigenvalue weighted by Crippen LogP contribution is -2.21. The number of hydrogen-bond donors (Lipinski definition) is 3. The molecule has 0 aliphatic carbocycles. The summed E-state index contributed by atoms with van der Waals surface area (Å²) < 4.78 is 13.0. The molecule has 202 valence electrons. The number of aliphatic carboxylic acids is 1. The van der Waals surface area contributed by atoms with Crippen molar-refractivity contribution in [3.63, 3.8) is 0 Å². The minimum absolute atomic E-state index is 0.0567. The fraction of sp³-hybridized carbons (Fsp3) is 0.241. The molecule has 39 heavy (non-hydrogen) atoms. The first kappa shape index (κ1) is 27.2. The fourth-order valence-corrected chi connectivity index (χ4v) is 3.54. The monoisotopic (exact) mass is 529 g/mol. The number of pyridine rings is 1. The third-order valence-corrected chi connectivity index (χ3v) is 5.58. The van der Waals surface area contributed by atoms with Gasteiger partial charge in [-0.2, -0.15) is 5.10 Å². The number of carbonyl (C=O) groups excluding carboxylic acids is 1. The van der Waals surface area contributed by atoms with E-state index in [1.807, 2.05) is 51.1 Å². The van der Waals surface area contributed by atoms with Gasteiger partial charge >= 0.3 is 12.0 Å². The molecule has 0 unspecified atom stereocenters. The first-order valence-corrected chi connectivity index (χ1v) is 12.5. The molecule has 0 aliphatic rings. The van der Waals surface area contributed by atoms with Crippen LogP contribution in [-0.4, -0.2) is 38.5 Å².